The van der Waals surface area contributed by atoms with E-state index in [9.17, 15) is 62.3 Å². The molecule has 0 radical (unpaired) electrons. The fourth-order valence-corrected chi connectivity index (χ4v) is 11.5. The fraction of sp³-hybridized carbons (Fsp3) is 0.587. The van der Waals surface area contributed by atoms with Gasteiger partial charge >= 0.3 is 0 Å². The Labute approximate surface area is 558 Å². The minimum Gasteiger partial charge on any atom is -0.370 e. The number of thioether (sulfide) groups is 1. The molecule has 10 atom stereocenters. The van der Waals surface area contributed by atoms with Crippen LogP contribution >= 0.6 is 11.8 Å². The van der Waals surface area contributed by atoms with E-state index in [4.69, 9.17) is 40.1 Å². The van der Waals surface area contributed by atoms with E-state index >= 15 is 0 Å². The van der Waals surface area contributed by atoms with Gasteiger partial charge in [0.05, 0.1) is 12.6 Å². The molecule has 524 valence electrons. The number of carbonyl (C=O) groups excluding carboxylic acids is 13. The summed E-state index contributed by atoms with van der Waals surface area (Å²) in [7, 11) is 0. The molecule has 0 spiro atoms. The van der Waals surface area contributed by atoms with Crippen LogP contribution < -0.4 is 82.7 Å². The number of benzene rings is 2. The van der Waals surface area contributed by atoms with Crippen molar-refractivity contribution in [2.75, 3.05) is 44.7 Å². The van der Waals surface area contributed by atoms with Gasteiger partial charge in [-0.3, -0.25) is 67.3 Å². The molecule has 2 saturated heterocycles. The topological polar surface area (TPSA) is 519 Å². The number of nitrogens with one attached hydrogen (secondary N) is 8. The normalized spacial score (nSPS) is 16.8. The zero-order valence-electron chi connectivity index (χ0n) is 54.5. The molecule has 22 N–H and O–H groups in total. The van der Waals surface area contributed by atoms with Crippen LogP contribution in [0.3, 0.4) is 0 Å². The van der Waals surface area contributed by atoms with Gasteiger partial charge in [-0.25, -0.2) is 0 Å². The number of unbranched alkanes of at least 4 members (excludes halogenated alkanes) is 1. The second kappa shape index (κ2) is 41.0. The lowest BCUT2D eigenvalue weighted by atomic mass is 10.0. The summed E-state index contributed by atoms with van der Waals surface area (Å²) in [5.41, 5.74) is 40.6. The number of nitrogens with zero attached hydrogens (tertiary/aromatic N) is 3. The first-order valence-electron chi connectivity index (χ1n) is 32.2. The number of aliphatic imine (C=N–C) groups is 1. The average molecular weight is 1350 g/mol. The van der Waals surface area contributed by atoms with Gasteiger partial charge in [0.2, 0.25) is 76.8 Å². The molecule has 2 aliphatic heterocycles. The highest BCUT2D eigenvalue weighted by Crippen LogP contribution is 2.24. The van der Waals surface area contributed by atoms with Crippen molar-refractivity contribution in [3.8, 4) is 0 Å². The number of hydrogen-bond acceptors (Lipinski definition) is 17. The van der Waals surface area contributed by atoms with Crippen molar-refractivity contribution < 1.29 is 62.3 Å². The van der Waals surface area contributed by atoms with Crippen LogP contribution in [0.25, 0.3) is 0 Å². The standard InChI is InChI=1S/C63H98N18O13S/c1-37(2)33-45(57(89)74-41(53(68)85)27-32-95-3)73-52(84)36-72-54(86)46(34-38-15-6-4-7-16-38)78-58(90)47(35-39-17-8-5-9-18-39)79-56(88)42(23-25-50(66)82)75-55(87)43(24-26-51(67)83)76-59(91)49-22-14-31-81(49)62(94)44(20-10-11-28-64)77-60(92)48-21-13-30-80(48)61(93)40(65)19-12-29-71-63(69)70/h4-9,15-18,37,40-49H,10-14,19-36,64-65H2,1-3H3,(H2,66,82)(H2,67,83)(H2,68,85)(H,72,86)(H,73,84)(H,74,89)(H,75,87)(H,76,91)(H,77,92)(H,78,90)(H,79,88)(H4,69,70,71)/t40-,41+,42-,43-,44-,45-,46+,47+,48-,49+/m1/s1. The maximum Gasteiger partial charge on any atom is 0.245 e. The molecule has 0 bridgehead atoms. The van der Waals surface area contributed by atoms with Crippen LogP contribution in [0.1, 0.15) is 121 Å². The summed E-state index contributed by atoms with van der Waals surface area (Å²) < 4.78 is 0. The Morgan fingerprint density at radius 3 is 1.51 bits per heavy atom. The van der Waals surface area contributed by atoms with Gasteiger partial charge in [-0.2, -0.15) is 11.8 Å². The summed E-state index contributed by atoms with van der Waals surface area (Å²) in [6, 6.07) is 4.51. The van der Waals surface area contributed by atoms with E-state index in [0.717, 1.165) is 0 Å². The average Bonchev–Trinajstić information content (AvgIpc) is 1.74. The summed E-state index contributed by atoms with van der Waals surface area (Å²) in [5.74, 6) is -9.80. The van der Waals surface area contributed by atoms with E-state index in [1.54, 1.807) is 60.7 Å². The molecule has 13 amide bonds. The highest BCUT2D eigenvalue weighted by molar-refractivity contribution is 7.98. The van der Waals surface area contributed by atoms with Crippen molar-refractivity contribution in [3.63, 3.8) is 0 Å². The highest BCUT2D eigenvalue weighted by atomic mass is 32.2. The summed E-state index contributed by atoms with van der Waals surface area (Å²) in [6.45, 7) is 3.86. The molecule has 0 aromatic heterocycles. The molecule has 2 fully saturated rings. The SMILES string of the molecule is CSCC[C@H](NC(=O)[C@@H](CC(C)C)NC(=O)CNC(=O)[C@H](Cc1ccccc1)NC(=O)[C@H](Cc1ccccc1)NC(=O)[C@@H](CCC(N)=O)NC(=O)[C@@H](CCC(N)=O)NC(=O)[C@@H]1CCCN1C(=O)[C@@H](CCCCN)NC(=O)[C@H]1CCCN1C(=O)[C@H](N)CCCN=C(N)N)C(N)=O. The summed E-state index contributed by atoms with van der Waals surface area (Å²) in [6.07, 6.45) is 3.12. The van der Waals surface area contributed by atoms with Crippen LogP contribution in [0.5, 0.6) is 0 Å². The molecule has 2 aliphatic rings. The first kappa shape index (κ1) is 78.5. The Morgan fingerprint density at radius 1 is 0.537 bits per heavy atom. The molecule has 2 aromatic carbocycles. The van der Waals surface area contributed by atoms with Crippen molar-refractivity contribution in [2.24, 2.45) is 51.0 Å². The Hall–Kier alpha value is -8.91. The maximum atomic E-state index is 14.7. The molecule has 0 saturated carbocycles. The second-order valence-electron chi connectivity index (χ2n) is 24.1. The third kappa shape index (κ3) is 27.5. The van der Waals surface area contributed by atoms with Gasteiger partial charge in [-0.15, -0.1) is 0 Å². The highest BCUT2D eigenvalue weighted by Gasteiger charge is 2.42. The largest absolute Gasteiger partial charge is 0.370 e. The monoisotopic (exact) mass is 1350 g/mol. The quantitative estimate of drug-likeness (QED) is 0.0173. The number of likely N-dealkylation sites (tertiary alicyclic amines) is 2. The van der Waals surface area contributed by atoms with Crippen LogP contribution in [0.15, 0.2) is 65.7 Å². The molecule has 0 aliphatic carbocycles. The first-order valence-corrected chi connectivity index (χ1v) is 33.6. The Morgan fingerprint density at radius 2 is 1.01 bits per heavy atom. The Kier molecular flexibility index (Phi) is 33.9. The van der Waals surface area contributed by atoms with Crippen LogP contribution in [0.4, 0.5) is 0 Å². The van der Waals surface area contributed by atoms with Crippen LogP contribution in [0.2, 0.25) is 0 Å². The van der Waals surface area contributed by atoms with Crippen LogP contribution in [-0.4, -0.2) is 198 Å². The third-order valence-corrected chi connectivity index (χ3v) is 16.7. The predicted octanol–water partition coefficient (Wildman–Crippen LogP) is -3.71. The molecule has 2 heterocycles. The van der Waals surface area contributed by atoms with Gasteiger partial charge < -0.3 is 92.5 Å². The van der Waals surface area contributed by atoms with Crippen LogP contribution in [0, 0.1) is 5.92 Å². The van der Waals surface area contributed by atoms with E-state index in [-0.39, 0.29) is 83.0 Å². The van der Waals surface area contributed by atoms with Gasteiger partial charge in [0.15, 0.2) is 5.96 Å². The molecular weight excluding hydrogens is 1250 g/mol. The van der Waals surface area contributed by atoms with Gasteiger partial charge in [-0.1, -0.05) is 74.5 Å². The molecule has 4 rings (SSSR count). The number of guanidine groups is 1. The molecule has 0 unspecified atom stereocenters. The zero-order chi connectivity index (χ0) is 70.1. The molecular formula is C63H98N18O13S. The van der Waals surface area contributed by atoms with Crippen molar-refractivity contribution in [1.29, 1.82) is 0 Å². The van der Waals surface area contributed by atoms with Crippen molar-refractivity contribution in [2.45, 2.75) is 183 Å². The van der Waals surface area contributed by atoms with Gasteiger partial charge in [-0.05, 0) is 119 Å². The molecule has 31 nitrogen and oxygen atoms in total. The number of nitrogens with two attached hydrogens (primary N) is 7. The Balaban J connectivity index is 1.56. The predicted molar refractivity (Wildman–Crippen MR) is 356 cm³/mol. The van der Waals surface area contributed by atoms with Crippen LogP contribution in [-0.2, 0) is 75.2 Å². The molecule has 95 heavy (non-hydrogen) atoms. The van der Waals surface area contributed by atoms with Gasteiger partial charge in [0.1, 0.15) is 54.4 Å². The number of hydrogen-bond donors (Lipinski definition) is 15. The number of rotatable bonds is 42. The third-order valence-electron chi connectivity index (χ3n) is 16.0. The van der Waals surface area contributed by atoms with Crippen molar-refractivity contribution in [1.82, 2.24) is 52.3 Å². The lowest BCUT2D eigenvalue weighted by Gasteiger charge is -2.32. The number of primary amides is 3. The summed E-state index contributed by atoms with van der Waals surface area (Å²) >= 11 is 1.45. The summed E-state index contributed by atoms with van der Waals surface area (Å²) in [4.78, 5) is 185. The first-order chi connectivity index (χ1) is 45.2. The van der Waals surface area contributed by atoms with Crippen molar-refractivity contribution in [3.05, 3.63) is 71.8 Å². The zero-order valence-corrected chi connectivity index (χ0v) is 55.3. The minimum atomic E-state index is -1.64. The summed E-state index contributed by atoms with van der Waals surface area (Å²) in [5, 5.41) is 21.1. The van der Waals surface area contributed by atoms with E-state index in [0.29, 0.717) is 55.4 Å². The number of amides is 13. The fourth-order valence-electron chi connectivity index (χ4n) is 11.0. The number of carbonyl (C=O) groups is 13. The van der Waals surface area contributed by atoms with E-state index in [2.05, 4.69) is 47.5 Å². The second-order valence-corrected chi connectivity index (χ2v) is 25.1. The lowest BCUT2D eigenvalue weighted by Crippen LogP contribution is -2.60. The minimum absolute atomic E-state index is 0.0736. The van der Waals surface area contributed by atoms with Gasteiger partial charge in [0, 0.05) is 45.3 Å². The van der Waals surface area contributed by atoms with E-state index < -0.39 is 169 Å². The van der Waals surface area contributed by atoms with Crippen molar-refractivity contribution >= 4 is 94.5 Å². The Bertz CT molecular complexity index is 2960. The maximum absolute atomic E-state index is 14.7. The molecule has 2 aromatic rings. The smallest absolute Gasteiger partial charge is 0.245 e. The van der Waals surface area contributed by atoms with Gasteiger partial charge in [0.25, 0.3) is 0 Å². The van der Waals surface area contributed by atoms with E-state index in [1.165, 1.54) is 21.6 Å². The molecule has 32 heteroatoms. The lowest BCUT2D eigenvalue weighted by molar-refractivity contribution is -0.144. The van der Waals surface area contributed by atoms with E-state index in [1.807, 2.05) is 20.1 Å².